The molecule has 0 amide bonds. The Kier molecular flexibility index (Phi) is 3.78. The Bertz CT molecular complexity index is 647. The molecule has 0 aliphatic carbocycles. The molecule has 17 heavy (non-hydrogen) atoms. The average molecular weight is 474 g/mol. The second-order valence-electron chi connectivity index (χ2n) is 3.44. The van der Waals surface area contributed by atoms with Crippen molar-refractivity contribution in [2.24, 2.45) is 0 Å². The fourth-order valence-electron chi connectivity index (χ4n) is 1.29. The van der Waals surface area contributed by atoms with E-state index in [1.807, 2.05) is 52.1 Å². The molecule has 0 aliphatic rings. The van der Waals surface area contributed by atoms with E-state index in [-0.39, 0.29) is 4.90 Å². The number of aryl methyl sites for hydroxylation is 1. The van der Waals surface area contributed by atoms with Crippen molar-refractivity contribution in [2.75, 3.05) is 0 Å². The van der Waals surface area contributed by atoms with Crippen LogP contribution in [0.1, 0.15) is 5.56 Å². The third-order valence-corrected chi connectivity index (χ3v) is 7.06. The van der Waals surface area contributed by atoms with Crippen LogP contribution in [0.3, 0.4) is 0 Å². The second-order valence-corrected chi connectivity index (χ2v) is 7.30. The summed E-state index contributed by atoms with van der Waals surface area (Å²) in [6.07, 6.45) is 1.33. The maximum absolute atomic E-state index is 12.3. The average Bonchev–Trinajstić information content (AvgIpc) is 2.61. The van der Waals surface area contributed by atoms with Gasteiger partial charge >= 0.3 is 0 Å². The van der Waals surface area contributed by atoms with Gasteiger partial charge in [-0.25, -0.2) is 17.4 Å². The van der Waals surface area contributed by atoms with Gasteiger partial charge in [-0.1, -0.05) is 17.7 Å². The molecule has 2 aromatic rings. The molecule has 1 aromatic carbocycles. The summed E-state index contributed by atoms with van der Waals surface area (Å²) in [4.78, 5) is 4.26. The Labute approximate surface area is 127 Å². The maximum Gasteiger partial charge on any atom is 0.269 e. The van der Waals surface area contributed by atoms with Gasteiger partial charge in [0, 0.05) is 0 Å². The van der Waals surface area contributed by atoms with Gasteiger partial charge in [0.1, 0.15) is 13.7 Å². The standard InChI is InChI=1S/C10H8I2N2O2S/c1-7-2-4-8(5-3-7)17(15,16)14-6-13-9(11)10(14)12/h2-6H,1H3. The zero-order valence-electron chi connectivity index (χ0n) is 8.76. The van der Waals surface area contributed by atoms with Gasteiger partial charge in [0.15, 0.2) is 0 Å². The van der Waals surface area contributed by atoms with Gasteiger partial charge < -0.3 is 0 Å². The summed E-state index contributed by atoms with van der Waals surface area (Å²) in [7, 11) is -3.52. The van der Waals surface area contributed by atoms with Crippen molar-refractivity contribution >= 4 is 55.2 Å². The fourth-order valence-corrected chi connectivity index (χ4v) is 4.06. The summed E-state index contributed by atoms with van der Waals surface area (Å²) in [5, 5.41) is 0. The van der Waals surface area contributed by atoms with Crippen LogP contribution in [0.25, 0.3) is 0 Å². The second kappa shape index (κ2) is 4.84. The van der Waals surface area contributed by atoms with E-state index < -0.39 is 10.0 Å². The number of halogens is 2. The van der Waals surface area contributed by atoms with Gasteiger partial charge in [-0.3, -0.25) is 0 Å². The number of imidazole rings is 1. The van der Waals surface area contributed by atoms with Gasteiger partial charge in [0.2, 0.25) is 0 Å². The molecule has 0 unspecified atom stereocenters. The number of benzene rings is 1. The van der Waals surface area contributed by atoms with Crippen LogP contribution in [-0.4, -0.2) is 17.4 Å². The molecule has 1 aromatic heterocycles. The monoisotopic (exact) mass is 474 g/mol. The Morgan fingerprint density at radius 1 is 1.18 bits per heavy atom. The highest BCUT2D eigenvalue weighted by atomic mass is 127. The molecule has 0 atom stereocenters. The number of hydrogen-bond acceptors (Lipinski definition) is 3. The Balaban J connectivity index is 2.58. The van der Waals surface area contributed by atoms with E-state index in [1.54, 1.807) is 24.3 Å². The molecule has 0 radical (unpaired) electrons. The first-order chi connectivity index (χ1) is 7.93. The summed E-state index contributed by atoms with van der Waals surface area (Å²) in [6, 6.07) is 6.77. The third kappa shape index (κ3) is 2.50. The minimum absolute atomic E-state index is 0.273. The number of hydrogen-bond donors (Lipinski definition) is 0. The Morgan fingerprint density at radius 2 is 1.76 bits per heavy atom. The summed E-state index contributed by atoms with van der Waals surface area (Å²) in [5.41, 5.74) is 1.03. The highest BCUT2D eigenvalue weighted by Crippen LogP contribution is 2.20. The van der Waals surface area contributed by atoms with Crippen molar-refractivity contribution in [3.8, 4) is 0 Å². The Morgan fingerprint density at radius 3 is 2.24 bits per heavy atom. The van der Waals surface area contributed by atoms with Crippen LogP contribution in [0.15, 0.2) is 35.5 Å². The van der Waals surface area contributed by atoms with Gasteiger partial charge in [0.05, 0.1) is 4.90 Å². The van der Waals surface area contributed by atoms with Crippen LogP contribution in [0, 0.1) is 14.3 Å². The molecular weight excluding hydrogens is 466 g/mol. The lowest BCUT2D eigenvalue weighted by atomic mass is 10.2. The number of aromatic nitrogens is 2. The smallest absolute Gasteiger partial charge is 0.228 e. The molecule has 0 aliphatic heterocycles. The molecule has 4 nitrogen and oxygen atoms in total. The summed E-state index contributed by atoms with van der Waals surface area (Å²) in [6.45, 7) is 1.92. The van der Waals surface area contributed by atoms with Crippen LogP contribution in [0.5, 0.6) is 0 Å². The molecule has 0 saturated carbocycles. The quantitative estimate of drug-likeness (QED) is 0.630. The molecule has 0 saturated heterocycles. The van der Waals surface area contributed by atoms with E-state index in [2.05, 4.69) is 4.98 Å². The van der Waals surface area contributed by atoms with Gasteiger partial charge in [-0.2, -0.15) is 0 Å². The molecule has 7 heteroatoms. The number of nitrogens with zero attached hydrogens (tertiary/aromatic N) is 2. The molecule has 1 heterocycles. The predicted octanol–water partition coefficient (Wildman–Crippen LogP) is 2.64. The van der Waals surface area contributed by atoms with Crippen LogP contribution in [0.4, 0.5) is 0 Å². The first-order valence-electron chi connectivity index (χ1n) is 4.63. The molecule has 90 valence electrons. The molecule has 0 fully saturated rings. The lowest BCUT2D eigenvalue weighted by Gasteiger charge is -2.06. The van der Waals surface area contributed by atoms with Crippen LogP contribution < -0.4 is 0 Å². The highest BCUT2D eigenvalue weighted by Gasteiger charge is 2.20. The molecular formula is C10H8I2N2O2S. The van der Waals surface area contributed by atoms with Crippen molar-refractivity contribution in [3.63, 3.8) is 0 Å². The minimum atomic E-state index is -3.52. The van der Waals surface area contributed by atoms with E-state index in [0.29, 0.717) is 7.40 Å². The molecule has 0 N–H and O–H groups in total. The van der Waals surface area contributed by atoms with Gasteiger partial charge in [-0.15, -0.1) is 0 Å². The topological polar surface area (TPSA) is 52.0 Å². The van der Waals surface area contributed by atoms with Crippen molar-refractivity contribution < 1.29 is 8.42 Å². The van der Waals surface area contributed by atoms with Gasteiger partial charge in [0.25, 0.3) is 10.0 Å². The molecule has 2 rings (SSSR count). The van der Waals surface area contributed by atoms with Crippen LogP contribution >= 0.6 is 45.2 Å². The van der Waals surface area contributed by atoms with Crippen molar-refractivity contribution in [1.82, 2.24) is 8.96 Å². The number of rotatable bonds is 2. The first kappa shape index (κ1) is 13.3. The summed E-state index contributed by atoms with van der Waals surface area (Å²) in [5.74, 6) is 0. The normalized spacial score (nSPS) is 11.7. The first-order valence-corrected chi connectivity index (χ1v) is 8.23. The Hall–Kier alpha value is -0.160. The van der Waals surface area contributed by atoms with Gasteiger partial charge in [-0.05, 0) is 64.2 Å². The lowest BCUT2D eigenvalue weighted by Crippen LogP contribution is -2.13. The van der Waals surface area contributed by atoms with Crippen molar-refractivity contribution in [2.45, 2.75) is 11.8 Å². The SMILES string of the molecule is Cc1ccc(S(=O)(=O)n2cnc(I)c2I)cc1. The van der Waals surface area contributed by atoms with E-state index in [1.165, 1.54) is 10.3 Å². The zero-order chi connectivity index (χ0) is 12.6. The van der Waals surface area contributed by atoms with E-state index >= 15 is 0 Å². The van der Waals surface area contributed by atoms with Crippen molar-refractivity contribution in [3.05, 3.63) is 43.6 Å². The van der Waals surface area contributed by atoms with Crippen LogP contribution in [-0.2, 0) is 10.0 Å². The molecule has 0 spiro atoms. The summed E-state index contributed by atoms with van der Waals surface area (Å²) >= 11 is 3.98. The van der Waals surface area contributed by atoms with E-state index in [9.17, 15) is 8.42 Å². The fraction of sp³-hybridized carbons (Fsp3) is 0.100. The minimum Gasteiger partial charge on any atom is -0.228 e. The molecule has 0 bridgehead atoms. The van der Waals surface area contributed by atoms with Crippen molar-refractivity contribution in [1.29, 1.82) is 0 Å². The maximum atomic E-state index is 12.3. The predicted molar refractivity (Wildman–Crippen MR) is 81.4 cm³/mol. The van der Waals surface area contributed by atoms with E-state index in [0.717, 1.165) is 5.56 Å². The van der Waals surface area contributed by atoms with Crippen LogP contribution in [0.2, 0.25) is 0 Å². The summed E-state index contributed by atoms with van der Waals surface area (Å²) < 4.78 is 27.1. The zero-order valence-corrected chi connectivity index (χ0v) is 13.9. The largest absolute Gasteiger partial charge is 0.269 e. The van der Waals surface area contributed by atoms with E-state index in [4.69, 9.17) is 0 Å². The third-order valence-electron chi connectivity index (χ3n) is 2.22. The highest BCUT2D eigenvalue weighted by molar-refractivity contribution is 14.1. The lowest BCUT2D eigenvalue weighted by molar-refractivity contribution is 0.586.